The van der Waals surface area contributed by atoms with Crippen molar-refractivity contribution in [2.75, 3.05) is 35.5 Å². The highest BCUT2D eigenvalue weighted by atomic mass is 16.6. The van der Waals surface area contributed by atoms with Gasteiger partial charge in [-0.05, 0) is 35.4 Å². The van der Waals surface area contributed by atoms with Gasteiger partial charge in [0.05, 0.1) is 46.7 Å². The largest absolute Gasteiger partial charge is 0.493 e. The Morgan fingerprint density at radius 2 is 1.35 bits per heavy atom. The highest BCUT2D eigenvalue weighted by molar-refractivity contribution is 6.14. The molecule has 8 nitrogen and oxygen atoms in total. The van der Waals surface area contributed by atoms with Crippen LogP contribution in [0.25, 0.3) is 12.2 Å². The summed E-state index contributed by atoms with van der Waals surface area (Å²) in [7, 11) is 7.00. The topological polar surface area (TPSA) is 92.3 Å². The zero-order valence-electron chi connectivity index (χ0n) is 18.1. The predicted octanol–water partition coefficient (Wildman–Crippen LogP) is 3.03. The smallest absolute Gasteiger partial charge is 0.338 e. The van der Waals surface area contributed by atoms with Crippen molar-refractivity contribution in [3.8, 4) is 17.2 Å². The second kappa shape index (κ2) is 11.4. The molecular weight excluding hydrogens is 402 g/mol. The first-order chi connectivity index (χ1) is 15.0. The highest BCUT2D eigenvalue weighted by Crippen LogP contribution is 2.39. The Morgan fingerprint density at radius 1 is 0.774 bits per heavy atom. The molecule has 0 unspecified atom stereocenters. The van der Waals surface area contributed by atoms with Gasteiger partial charge in [-0.25, -0.2) is 10.3 Å². The Kier molecular flexibility index (Phi) is 8.65. The van der Waals surface area contributed by atoms with E-state index in [0.717, 1.165) is 0 Å². The van der Waals surface area contributed by atoms with Gasteiger partial charge < -0.3 is 18.9 Å². The summed E-state index contributed by atoms with van der Waals surface area (Å²) in [5.41, 5.74) is 3.55. The van der Waals surface area contributed by atoms with Gasteiger partial charge in [-0.15, -0.1) is 0 Å². The van der Waals surface area contributed by atoms with Crippen LogP contribution in [0, 0.1) is 0 Å². The van der Waals surface area contributed by atoms with Crippen molar-refractivity contribution in [1.29, 1.82) is 0 Å². The zero-order valence-corrected chi connectivity index (χ0v) is 18.1. The number of amides is 1. The van der Waals surface area contributed by atoms with Crippen molar-refractivity contribution in [2.24, 2.45) is 0 Å². The van der Waals surface area contributed by atoms with Gasteiger partial charge in [0, 0.05) is 0 Å². The fourth-order valence-corrected chi connectivity index (χ4v) is 2.84. The third-order valence-electron chi connectivity index (χ3n) is 4.24. The molecule has 0 aliphatic heterocycles. The molecule has 1 amide bonds. The molecule has 0 aromatic heterocycles. The molecule has 0 fully saturated rings. The summed E-state index contributed by atoms with van der Waals surface area (Å²) in [5, 5.41) is 0. The molecule has 0 atom stereocenters. The average Bonchev–Trinajstić information content (AvgIpc) is 2.80. The summed E-state index contributed by atoms with van der Waals surface area (Å²) in [5.74, 6) is -0.129. The van der Waals surface area contributed by atoms with E-state index in [1.807, 2.05) is 18.2 Å². The third kappa shape index (κ3) is 5.86. The first kappa shape index (κ1) is 23.5. The minimum atomic E-state index is -0.706. The van der Waals surface area contributed by atoms with E-state index in [4.69, 9.17) is 23.8 Å². The second-order valence-corrected chi connectivity index (χ2v) is 6.11. The lowest BCUT2D eigenvalue weighted by Crippen LogP contribution is -2.26. The number of carbonyl (C=O) groups is 2. The number of hydroxylamine groups is 1. The number of esters is 1. The van der Waals surface area contributed by atoms with Crippen molar-refractivity contribution in [2.45, 2.75) is 0 Å². The van der Waals surface area contributed by atoms with E-state index in [2.05, 4.69) is 5.48 Å². The Hall–Kier alpha value is -3.78. The van der Waals surface area contributed by atoms with Crippen molar-refractivity contribution in [1.82, 2.24) is 5.48 Å². The predicted molar refractivity (Wildman–Crippen MR) is 116 cm³/mol. The van der Waals surface area contributed by atoms with Gasteiger partial charge in [0.15, 0.2) is 11.5 Å². The molecule has 0 aliphatic rings. The summed E-state index contributed by atoms with van der Waals surface area (Å²) in [4.78, 5) is 30.1. The fourth-order valence-electron chi connectivity index (χ4n) is 2.84. The molecule has 0 aliphatic carbocycles. The molecule has 164 valence electrons. The zero-order chi connectivity index (χ0) is 22.8. The van der Waals surface area contributed by atoms with Gasteiger partial charge in [0.1, 0.15) is 0 Å². The number of rotatable bonds is 9. The Bertz CT molecular complexity index is 956. The maximum Gasteiger partial charge on any atom is 0.338 e. The van der Waals surface area contributed by atoms with Crippen LogP contribution in [0.1, 0.15) is 11.1 Å². The summed E-state index contributed by atoms with van der Waals surface area (Å²) in [6.07, 6.45) is 3.06. The van der Waals surface area contributed by atoms with Gasteiger partial charge >= 0.3 is 5.97 Å². The molecular formula is C23H25NO7. The molecule has 0 heterocycles. The number of ether oxygens (including phenoxy) is 4. The van der Waals surface area contributed by atoms with Crippen molar-refractivity contribution < 1.29 is 33.4 Å². The van der Waals surface area contributed by atoms with Crippen molar-refractivity contribution in [3.63, 3.8) is 0 Å². The minimum absolute atomic E-state index is 0.00942. The van der Waals surface area contributed by atoms with E-state index in [-0.39, 0.29) is 11.1 Å². The standard InChI is InChI=1S/C23H25NO7/c1-27-19-13-16(14-20(28-2)21(19)29-3)12-18(23(26)30-4)17(22(25)24-31-5)11-15-9-7-6-8-10-15/h6-14H,1-5H3,(H,24,25)/b17-11+,18-12+. The molecule has 0 bridgehead atoms. The molecule has 2 rings (SSSR count). The lowest BCUT2D eigenvalue weighted by molar-refractivity contribution is -0.136. The van der Waals surface area contributed by atoms with Crippen LogP contribution in [0.4, 0.5) is 0 Å². The molecule has 1 N–H and O–H groups in total. The molecule has 2 aromatic rings. The number of methoxy groups -OCH3 is 4. The van der Waals surface area contributed by atoms with Crippen molar-refractivity contribution >= 4 is 24.0 Å². The first-order valence-electron chi connectivity index (χ1n) is 9.19. The molecule has 0 saturated heterocycles. The van der Waals surface area contributed by atoms with E-state index in [1.165, 1.54) is 41.6 Å². The van der Waals surface area contributed by atoms with Crippen LogP contribution in [0.2, 0.25) is 0 Å². The van der Waals surface area contributed by atoms with E-state index in [1.54, 1.807) is 30.3 Å². The van der Waals surface area contributed by atoms with Crippen LogP contribution in [-0.2, 0) is 19.2 Å². The summed E-state index contributed by atoms with van der Waals surface area (Å²) >= 11 is 0. The van der Waals surface area contributed by atoms with Crippen LogP contribution in [0.3, 0.4) is 0 Å². The number of nitrogens with one attached hydrogen (secondary N) is 1. The lowest BCUT2D eigenvalue weighted by Gasteiger charge is -2.14. The normalized spacial score (nSPS) is 11.5. The number of hydrogen-bond acceptors (Lipinski definition) is 7. The summed E-state index contributed by atoms with van der Waals surface area (Å²) in [6.45, 7) is 0. The fraction of sp³-hybridized carbons (Fsp3) is 0.217. The van der Waals surface area contributed by atoms with Crippen LogP contribution in [-0.4, -0.2) is 47.4 Å². The van der Waals surface area contributed by atoms with Crippen LogP contribution >= 0.6 is 0 Å². The van der Waals surface area contributed by atoms with Crippen LogP contribution in [0.15, 0.2) is 53.6 Å². The van der Waals surface area contributed by atoms with E-state index in [0.29, 0.717) is 28.4 Å². The Labute approximate surface area is 181 Å². The maximum absolute atomic E-state index is 12.7. The molecule has 0 radical (unpaired) electrons. The van der Waals surface area contributed by atoms with Crippen LogP contribution in [0.5, 0.6) is 17.2 Å². The van der Waals surface area contributed by atoms with E-state index < -0.39 is 11.9 Å². The summed E-state index contributed by atoms with van der Waals surface area (Å²) in [6, 6.07) is 12.4. The monoisotopic (exact) mass is 427 g/mol. The van der Waals surface area contributed by atoms with Crippen molar-refractivity contribution in [3.05, 3.63) is 64.7 Å². The molecule has 0 spiro atoms. The van der Waals surface area contributed by atoms with Crippen LogP contribution < -0.4 is 19.7 Å². The second-order valence-electron chi connectivity index (χ2n) is 6.11. The number of carbonyl (C=O) groups excluding carboxylic acids is 2. The van der Waals surface area contributed by atoms with Gasteiger partial charge in [0.2, 0.25) is 5.75 Å². The Morgan fingerprint density at radius 3 is 1.84 bits per heavy atom. The van der Waals surface area contributed by atoms with E-state index >= 15 is 0 Å². The molecule has 0 saturated carbocycles. The summed E-state index contributed by atoms with van der Waals surface area (Å²) < 4.78 is 21.0. The number of hydrogen-bond donors (Lipinski definition) is 1. The number of benzene rings is 2. The molecule has 8 heteroatoms. The molecule has 31 heavy (non-hydrogen) atoms. The SMILES string of the molecule is CONC(=O)C(=C/c1ccccc1)/C(=C\c1cc(OC)c(OC)c(OC)c1)C(=O)OC. The quantitative estimate of drug-likeness (QED) is 0.285. The lowest BCUT2D eigenvalue weighted by atomic mass is 9.99. The average molecular weight is 427 g/mol. The van der Waals surface area contributed by atoms with Gasteiger partial charge in [0.25, 0.3) is 5.91 Å². The molecule has 2 aromatic carbocycles. The highest BCUT2D eigenvalue weighted by Gasteiger charge is 2.23. The first-order valence-corrected chi connectivity index (χ1v) is 9.19. The van der Waals surface area contributed by atoms with Gasteiger partial charge in [-0.2, -0.15) is 0 Å². The minimum Gasteiger partial charge on any atom is -0.493 e. The Balaban J connectivity index is 2.71. The van der Waals surface area contributed by atoms with Gasteiger partial charge in [-0.3, -0.25) is 9.63 Å². The third-order valence-corrected chi connectivity index (χ3v) is 4.24. The maximum atomic E-state index is 12.7. The van der Waals surface area contributed by atoms with E-state index in [9.17, 15) is 9.59 Å². The van der Waals surface area contributed by atoms with Gasteiger partial charge in [-0.1, -0.05) is 30.3 Å².